The van der Waals surface area contributed by atoms with Crippen LogP contribution in [0.2, 0.25) is 0 Å². The third kappa shape index (κ3) is 2.19. The molecule has 0 fully saturated rings. The predicted octanol–water partition coefficient (Wildman–Crippen LogP) is 1.03. The Morgan fingerprint density at radius 3 is 2.12 bits per heavy atom. The van der Waals surface area contributed by atoms with Gasteiger partial charge in [-0.15, -0.1) is 0 Å². The van der Waals surface area contributed by atoms with Crippen LogP contribution in [0.25, 0.3) is 0 Å². The number of rotatable bonds is 4. The highest BCUT2D eigenvalue weighted by Gasteiger charge is 2.04. The molecule has 0 aliphatic heterocycles. The van der Waals surface area contributed by atoms with Gasteiger partial charge in [0, 0.05) is 20.3 Å². The molecule has 2 heterocycles. The lowest BCUT2D eigenvalue weighted by Crippen LogP contribution is -2.07. The molecule has 0 amide bonds. The molecule has 2 aromatic rings. The van der Waals surface area contributed by atoms with Gasteiger partial charge in [0.2, 0.25) is 17.8 Å². The molecule has 2 aromatic heterocycles. The Bertz CT molecular complexity index is 429. The smallest absolute Gasteiger partial charge is 0.234 e. The summed E-state index contributed by atoms with van der Waals surface area (Å²) in [5.74, 6) is 2.32. The van der Waals surface area contributed by atoms with E-state index in [0.717, 1.165) is 5.82 Å². The Labute approximate surface area is 92.7 Å². The third-order valence-corrected chi connectivity index (χ3v) is 1.93. The summed E-state index contributed by atoms with van der Waals surface area (Å²) >= 11 is 0. The van der Waals surface area contributed by atoms with Crippen LogP contribution >= 0.6 is 0 Å². The van der Waals surface area contributed by atoms with Crippen molar-refractivity contribution in [2.45, 2.75) is 0 Å². The summed E-state index contributed by atoms with van der Waals surface area (Å²) in [5, 5.41) is 8.77. The lowest BCUT2D eigenvalue weighted by molar-refractivity contribution is 1.05. The quantitative estimate of drug-likeness (QED) is 0.614. The van der Waals surface area contributed by atoms with Gasteiger partial charge in [-0.2, -0.15) is 15.0 Å². The van der Waals surface area contributed by atoms with Crippen LogP contribution in [0.4, 0.5) is 23.7 Å². The number of aromatic amines is 1. The highest BCUT2D eigenvalue weighted by molar-refractivity contribution is 5.51. The lowest BCUT2D eigenvalue weighted by Gasteiger charge is -2.06. The van der Waals surface area contributed by atoms with Crippen LogP contribution in [0.15, 0.2) is 18.3 Å². The van der Waals surface area contributed by atoms with E-state index in [1.165, 1.54) is 0 Å². The zero-order valence-electron chi connectivity index (χ0n) is 9.07. The van der Waals surface area contributed by atoms with Gasteiger partial charge in [-0.25, -0.2) is 0 Å². The fourth-order valence-electron chi connectivity index (χ4n) is 1.18. The maximum Gasteiger partial charge on any atom is 0.234 e. The minimum absolute atomic E-state index is 0.478. The summed E-state index contributed by atoms with van der Waals surface area (Å²) < 4.78 is 0. The maximum absolute atomic E-state index is 4.17. The van der Waals surface area contributed by atoms with Gasteiger partial charge in [0.05, 0.1) is 0 Å². The van der Waals surface area contributed by atoms with Crippen LogP contribution in [0.3, 0.4) is 0 Å². The van der Waals surface area contributed by atoms with Crippen LogP contribution < -0.4 is 16.0 Å². The van der Waals surface area contributed by atoms with Crippen molar-refractivity contribution in [3.05, 3.63) is 18.3 Å². The highest BCUT2D eigenvalue weighted by atomic mass is 15.3. The van der Waals surface area contributed by atoms with Gasteiger partial charge in [0.15, 0.2) is 0 Å². The van der Waals surface area contributed by atoms with E-state index in [-0.39, 0.29) is 0 Å². The minimum Gasteiger partial charge on any atom is -0.357 e. The first kappa shape index (κ1) is 10.2. The van der Waals surface area contributed by atoms with Crippen molar-refractivity contribution in [1.82, 2.24) is 19.9 Å². The molecule has 84 valence electrons. The van der Waals surface area contributed by atoms with Crippen molar-refractivity contribution in [3.63, 3.8) is 0 Å². The summed E-state index contributed by atoms with van der Waals surface area (Å²) in [6.07, 6.45) is 1.82. The van der Waals surface area contributed by atoms with Crippen molar-refractivity contribution < 1.29 is 0 Å². The zero-order chi connectivity index (χ0) is 11.4. The van der Waals surface area contributed by atoms with E-state index in [1.807, 2.05) is 18.3 Å². The molecule has 0 aromatic carbocycles. The summed E-state index contributed by atoms with van der Waals surface area (Å²) in [4.78, 5) is 15.5. The van der Waals surface area contributed by atoms with E-state index in [9.17, 15) is 0 Å². The van der Waals surface area contributed by atoms with Crippen LogP contribution in [-0.2, 0) is 0 Å². The van der Waals surface area contributed by atoms with Crippen molar-refractivity contribution in [3.8, 4) is 0 Å². The first-order chi connectivity index (χ1) is 7.81. The molecule has 0 unspecified atom stereocenters. The topological polar surface area (TPSA) is 90.5 Å². The predicted molar refractivity (Wildman–Crippen MR) is 63.0 cm³/mol. The SMILES string of the molecule is CNc1nc(NC)nc(Nc2ccc[nH]2)n1. The first-order valence-electron chi connectivity index (χ1n) is 4.84. The number of hydrogen-bond donors (Lipinski definition) is 4. The summed E-state index contributed by atoms with van der Waals surface area (Å²) in [6, 6.07) is 3.78. The van der Waals surface area contributed by atoms with Gasteiger partial charge < -0.3 is 20.9 Å². The summed E-state index contributed by atoms with van der Waals surface area (Å²) in [7, 11) is 3.51. The van der Waals surface area contributed by atoms with Crippen molar-refractivity contribution in [2.75, 3.05) is 30.0 Å². The van der Waals surface area contributed by atoms with Crippen molar-refractivity contribution >= 4 is 23.7 Å². The van der Waals surface area contributed by atoms with Gasteiger partial charge in [-0.05, 0) is 12.1 Å². The number of anilines is 4. The Balaban J connectivity index is 2.26. The maximum atomic E-state index is 4.17. The molecule has 4 N–H and O–H groups in total. The second-order valence-electron chi connectivity index (χ2n) is 3.02. The van der Waals surface area contributed by atoms with Crippen LogP contribution in [0, 0.1) is 0 Å². The third-order valence-electron chi connectivity index (χ3n) is 1.93. The van der Waals surface area contributed by atoms with Gasteiger partial charge >= 0.3 is 0 Å². The Hall–Kier alpha value is -2.31. The molecule has 0 bridgehead atoms. The van der Waals surface area contributed by atoms with E-state index in [0.29, 0.717) is 17.8 Å². The first-order valence-corrected chi connectivity index (χ1v) is 4.84. The molecule has 0 saturated heterocycles. The average molecular weight is 219 g/mol. The summed E-state index contributed by atoms with van der Waals surface area (Å²) in [5.41, 5.74) is 0. The van der Waals surface area contributed by atoms with Crippen LogP contribution in [0.5, 0.6) is 0 Å². The Kier molecular flexibility index (Phi) is 2.86. The number of nitrogens with zero attached hydrogens (tertiary/aromatic N) is 3. The number of aromatic nitrogens is 4. The fraction of sp³-hybridized carbons (Fsp3) is 0.222. The second kappa shape index (κ2) is 4.47. The lowest BCUT2D eigenvalue weighted by atomic mass is 10.6. The van der Waals surface area contributed by atoms with Crippen LogP contribution in [0.1, 0.15) is 0 Å². The molecule has 7 nitrogen and oxygen atoms in total. The molecule has 0 aliphatic carbocycles. The van der Waals surface area contributed by atoms with Crippen molar-refractivity contribution in [2.24, 2.45) is 0 Å². The van der Waals surface area contributed by atoms with E-state index in [2.05, 4.69) is 35.9 Å². The van der Waals surface area contributed by atoms with Gasteiger partial charge in [0.25, 0.3) is 0 Å². The van der Waals surface area contributed by atoms with Gasteiger partial charge in [0.1, 0.15) is 5.82 Å². The molecule has 0 spiro atoms. The molecule has 16 heavy (non-hydrogen) atoms. The molecule has 7 heteroatoms. The number of nitrogens with one attached hydrogen (secondary N) is 4. The molecule has 2 rings (SSSR count). The van der Waals surface area contributed by atoms with Crippen molar-refractivity contribution in [1.29, 1.82) is 0 Å². The standard InChI is InChI=1S/C9H13N7/c1-10-7-14-8(11-2)16-9(15-7)13-6-4-3-5-12-6/h3-5,12H,1-2H3,(H3,10,11,13,14,15,16). The van der Waals surface area contributed by atoms with Gasteiger partial charge in [-0.1, -0.05) is 0 Å². The largest absolute Gasteiger partial charge is 0.357 e. The molecule has 0 radical (unpaired) electrons. The molecule has 0 aliphatic rings. The molecule has 0 atom stereocenters. The van der Waals surface area contributed by atoms with E-state index < -0.39 is 0 Å². The minimum atomic E-state index is 0.478. The monoisotopic (exact) mass is 219 g/mol. The van der Waals surface area contributed by atoms with Gasteiger partial charge in [-0.3, -0.25) is 0 Å². The molecular weight excluding hydrogens is 206 g/mol. The van der Waals surface area contributed by atoms with E-state index in [4.69, 9.17) is 0 Å². The fourth-order valence-corrected chi connectivity index (χ4v) is 1.18. The van der Waals surface area contributed by atoms with E-state index in [1.54, 1.807) is 14.1 Å². The normalized spacial score (nSPS) is 9.88. The van der Waals surface area contributed by atoms with Crippen LogP contribution in [-0.4, -0.2) is 34.0 Å². The Morgan fingerprint density at radius 1 is 1.00 bits per heavy atom. The van der Waals surface area contributed by atoms with E-state index >= 15 is 0 Å². The molecular formula is C9H13N7. The zero-order valence-corrected chi connectivity index (χ0v) is 9.07. The summed E-state index contributed by atoms with van der Waals surface area (Å²) in [6.45, 7) is 0. The average Bonchev–Trinajstić information content (AvgIpc) is 2.81. The second-order valence-corrected chi connectivity index (χ2v) is 3.02. The number of hydrogen-bond acceptors (Lipinski definition) is 6. The Morgan fingerprint density at radius 2 is 1.62 bits per heavy atom. The highest BCUT2D eigenvalue weighted by Crippen LogP contribution is 2.13. The number of H-pyrrole nitrogens is 1. The molecule has 0 saturated carbocycles.